The molecule has 2 N–H and O–H groups in total. The van der Waals surface area contributed by atoms with E-state index in [-0.39, 0.29) is 10.8 Å². The molecule has 100 valence electrons. The second-order valence-electron chi connectivity index (χ2n) is 4.14. The summed E-state index contributed by atoms with van der Waals surface area (Å²) < 4.78 is 14.4. The van der Waals surface area contributed by atoms with Crippen LogP contribution in [0, 0.1) is 5.82 Å². The molecule has 2 rings (SSSR count). The highest BCUT2D eigenvalue weighted by Gasteiger charge is 2.12. The van der Waals surface area contributed by atoms with Crippen molar-refractivity contribution >= 4 is 50.2 Å². The number of hydrogen-bond donors (Lipinski definition) is 1. The van der Waals surface area contributed by atoms with Crippen LogP contribution in [0.15, 0.2) is 33.4 Å². The number of nitrogens with two attached hydrogens (primary N) is 1. The average molecular weight is 359 g/mol. The molecule has 0 saturated carbocycles. The summed E-state index contributed by atoms with van der Waals surface area (Å²) in [4.78, 5) is 2.20. The first-order chi connectivity index (χ1) is 8.97. The van der Waals surface area contributed by atoms with Gasteiger partial charge >= 0.3 is 0 Å². The van der Waals surface area contributed by atoms with Crippen LogP contribution in [0.3, 0.4) is 0 Å². The molecule has 0 bridgehead atoms. The number of rotatable bonds is 4. The Morgan fingerprint density at radius 2 is 2.21 bits per heavy atom. The molecule has 0 unspecified atom stereocenters. The fourth-order valence-electron chi connectivity index (χ4n) is 1.83. The first-order valence-corrected chi connectivity index (χ1v) is 7.59. The molecule has 2 aromatic rings. The van der Waals surface area contributed by atoms with Gasteiger partial charge in [-0.2, -0.15) is 0 Å². The van der Waals surface area contributed by atoms with Gasteiger partial charge in [0.15, 0.2) is 0 Å². The van der Waals surface area contributed by atoms with E-state index in [4.69, 9.17) is 18.0 Å². The molecule has 2 nitrogen and oxygen atoms in total. The molecule has 0 aliphatic rings. The summed E-state index contributed by atoms with van der Waals surface area (Å²) in [5, 5.41) is 2.07. The lowest BCUT2D eigenvalue weighted by molar-refractivity contribution is 0.627. The summed E-state index contributed by atoms with van der Waals surface area (Å²) >= 11 is 10.0. The van der Waals surface area contributed by atoms with E-state index >= 15 is 0 Å². The van der Waals surface area contributed by atoms with Crippen molar-refractivity contribution in [3.63, 3.8) is 0 Å². The first-order valence-electron chi connectivity index (χ1n) is 5.51. The van der Waals surface area contributed by atoms with Crippen molar-refractivity contribution in [1.82, 2.24) is 0 Å². The Kier molecular flexibility index (Phi) is 4.54. The second-order valence-corrected chi connectivity index (χ2v) is 6.87. The Morgan fingerprint density at radius 3 is 2.79 bits per heavy atom. The van der Waals surface area contributed by atoms with Gasteiger partial charge in [0.1, 0.15) is 10.8 Å². The molecule has 1 heterocycles. The van der Waals surface area contributed by atoms with E-state index in [2.05, 4.69) is 27.4 Å². The summed E-state index contributed by atoms with van der Waals surface area (Å²) in [7, 11) is 1.93. The van der Waals surface area contributed by atoms with E-state index in [0.29, 0.717) is 12.1 Å². The number of anilines is 1. The van der Waals surface area contributed by atoms with Crippen LogP contribution < -0.4 is 10.6 Å². The fraction of sp³-hybridized carbons (Fsp3) is 0.154. The molecule has 0 spiro atoms. The third-order valence-electron chi connectivity index (χ3n) is 2.68. The molecule has 6 heteroatoms. The van der Waals surface area contributed by atoms with E-state index in [0.717, 1.165) is 9.47 Å². The van der Waals surface area contributed by atoms with Gasteiger partial charge in [-0.3, -0.25) is 0 Å². The number of thiocarbonyl (C=S) groups is 1. The lowest BCUT2D eigenvalue weighted by atomic mass is 10.1. The minimum atomic E-state index is -0.335. The lowest BCUT2D eigenvalue weighted by Gasteiger charge is -2.21. The maximum Gasteiger partial charge on any atom is 0.124 e. The zero-order valence-corrected chi connectivity index (χ0v) is 13.4. The second kappa shape index (κ2) is 5.98. The van der Waals surface area contributed by atoms with Gasteiger partial charge in [0.05, 0.1) is 3.79 Å². The third-order valence-corrected chi connectivity index (χ3v) is 4.45. The predicted molar refractivity (Wildman–Crippen MR) is 86.4 cm³/mol. The Balaban J connectivity index is 2.28. The molecule has 1 aromatic carbocycles. The van der Waals surface area contributed by atoms with E-state index in [1.54, 1.807) is 17.4 Å². The summed E-state index contributed by atoms with van der Waals surface area (Å²) in [6.45, 7) is 0.712. The van der Waals surface area contributed by atoms with E-state index < -0.39 is 0 Å². The van der Waals surface area contributed by atoms with E-state index in [1.807, 2.05) is 11.9 Å². The Bertz CT molecular complexity index is 612. The molecule has 19 heavy (non-hydrogen) atoms. The van der Waals surface area contributed by atoms with Gasteiger partial charge in [-0.15, -0.1) is 11.3 Å². The van der Waals surface area contributed by atoms with Crippen molar-refractivity contribution in [1.29, 1.82) is 0 Å². The van der Waals surface area contributed by atoms with Gasteiger partial charge < -0.3 is 10.6 Å². The minimum absolute atomic E-state index is 0.202. The SMILES string of the molecule is CN(Cc1csc(Br)c1)c1ccc(F)cc1C(N)=S. The number of hydrogen-bond acceptors (Lipinski definition) is 3. The molecule has 0 saturated heterocycles. The highest BCUT2D eigenvalue weighted by Crippen LogP contribution is 2.25. The first kappa shape index (κ1) is 14.4. The Morgan fingerprint density at radius 1 is 1.47 bits per heavy atom. The van der Waals surface area contributed by atoms with Gasteiger partial charge in [-0.1, -0.05) is 12.2 Å². The fourth-order valence-corrected chi connectivity index (χ4v) is 3.19. The highest BCUT2D eigenvalue weighted by molar-refractivity contribution is 9.11. The van der Waals surface area contributed by atoms with Crippen LogP contribution in [-0.4, -0.2) is 12.0 Å². The smallest absolute Gasteiger partial charge is 0.124 e. The molecule has 1 aromatic heterocycles. The van der Waals surface area contributed by atoms with Gasteiger partial charge in [0, 0.05) is 24.8 Å². The van der Waals surface area contributed by atoms with Crippen LogP contribution in [0.5, 0.6) is 0 Å². The zero-order chi connectivity index (χ0) is 14.0. The number of thiophene rings is 1. The average Bonchev–Trinajstić information content (AvgIpc) is 2.74. The van der Waals surface area contributed by atoms with Gasteiger partial charge in [0.2, 0.25) is 0 Å². The largest absolute Gasteiger partial charge is 0.389 e. The van der Waals surface area contributed by atoms with Crippen molar-refractivity contribution in [3.8, 4) is 0 Å². The number of nitrogens with zero attached hydrogens (tertiary/aromatic N) is 1. The van der Waals surface area contributed by atoms with Crippen molar-refractivity contribution < 1.29 is 4.39 Å². The van der Waals surface area contributed by atoms with Crippen LogP contribution in [-0.2, 0) is 6.54 Å². The molecule has 0 amide bonds. The zero-order valence-electron chi connectivity index (χ0n) is 10.2. The maximum absolute atomic E-state index is 13.3. The van der Waals surface area contributed by atoms with Crippen molar-refractivity contribution in [3.05, 3.63) is 50.4 Å². The van der Waals surface area contributed by atoms with Gasteiger partial charge in [-0.25, -0.2) is 4.39 Å². The molecule has 0 fully saturated rings. The molecule has 0 atom stereocenters. The Labute approximate surface area is 129 Å². The normalized spacial score (nSPS) is 10.5. The summed E-state index contributed by atoms with van der Waals surface area (Å²) in [5.41, 5.74) is 8.22. The molecule has 0 radical (unpaired) electrons. The van der Waals surface area contributed by atoms with Gasteiger partial charge in [0.25, 0.3) is 0 Å². The summed E-state index contributed by atoms with van der Waals surface area (Å²) in [6, 6.07) is 6.55. The summed E-state index contributed by atoms with van der Waals surface area (Å²) in [5.74, 6) is -0.335. The topological polar surface area (TPSA) is 29.3 Å². The Hall–Kier alpha value is -0.980. The van der Waals surface area contributed by atoms with E-state index in [9.17, 15) is 4.39 Å². The molecular formula is C13H12BrFN2S2. The monoisotopic (exact) mass is 358 g/mol. The van der Waals surface area contributed by atoms with Crippen LogP contribution in [0.25, 0.3) is 0 Å². The van der Waals surface area contributed by atoms with E-state index in [1.165, 1.54) is 17.7 Å². The highest BCUT2D eigenvalue weighted by atomic mass is 79.9. The molecule has 0 aliphatic carbocycles. The summed E-state index contributed by atoms with van der Waals surface area (Å²) in [6.07, 6.45) is 0. The number of halogens is 2. The maximum atomic E-state index is 13.3. The number of benzene rings is 1. The van der Waals surface area contributed by atoms with Crippen LogP contribution in [0.1, 0.15) is 11.1 Å². The standard InChI is InChI=1S/C13H12BrFN2S2/c1-17(6-8-4-12(14)19-7-8)11-3-2-9(15)5-10(11)13(16)18/h2-5,7H,6H2,1H3,(H2,16,18). The van der Waals surface area contributed by atoms with Crippen LogP contribution in [0.4, 0.5) is 10.1 Å². The lowest BCUT2D eigenvalue weighted by Crippen LogP contribution is -2.21. The third kappa shape index (κ3) is 3.52. The van der Waals surface area contributed by atoms with Crippen molar-refractivity contribution in [2.45, 2.75) is 6.54 Å². The minimum Gasteiger partial charge on any atom is -0.389 e. The molecular weight excluding hydrogens is 347 g/mol. The predicted octanol–water partition coefficient (Wildman–Crippen LogP) is 3.92. The van der Waals surface area contributed by atoms with Crippen LogP contribution >= 0.6 is 39.5 Å². The van der Waals surface area contributed by atoms with Crippen LogP contribution in [0.2, 0.25) is 0 Å². The molecule has 0 aliphatic heterocycles. The van der Waals surface area contributed by atoms with Crippen molar-refractivity contribution in [2.75, 3.05) is 11.9 Å². The van der Waals surface area contributed by atoms with Gasteiger partial charge in [-0.05, 0) is 51.1 Å². The van der Waals surface area contributed by atoms with Crippen molar-refractivity contribution in [2.24, 2.45) is 5.73 Å². The quantitative estimate of drug-likeness (QED) is 0.839.